The van der Waals surface area contributed by atoms with Gasteiger partial charge in [0.25, 0.3) is 5.91 Å². The van der Waals surface area contributed by atoms with Crippen molar-refractivity contribution in [3.05, 3.63) is 87.8 Å². The summed E-state index contributed by atoms with van der Waals surface area (Å²) >= 11 is 12.3. The second-order valence-electron chi connectivity index (χ2n) is 8.42. The number of ether oxygens (including phenoxy) is 1. The van der Waals surface area contributed by atoms with Gasteiger partial charge < -0.3 is 15.0 Å². The highest BCUT2D eigenvalue weighted by atomic mass is 35.5. The number of nitrogens with one attached hydrogen (secondary N) is 1. The van der Waals surface area contributed by atoms with Crippen LogP contribution in [0.25, 0.3) is 0 Å². The Hall–Kier alpha value is -3.16. The summed E-state index contributed by atoms with van der Waals surface area (Å²) in [6.07, 6.45) is 13.5. The molecule has 0 fully saturated rings. The smallest absolute Gasteiger partial charge is 0.328 e. The van der Waals surface area contributed by atoms with Gasteiger partial charge in [-0.05, 0) is 49.1 Å². The Morgan fingerprint density at radius 3 is 2.50 bits per heavy atom. The molecule has 2 atom stereocenters. The van der Waals surface area contributed by atoms with Gasteiger partial charge in [0.05, 0.1) is 22.7 Å². The summed E-state index contributed by atoms with van der Waals surface area (Å²) in [6.45, 7) is 5.13. The number of hydrogen-bond acceptors (Lipinski definition) is 6. The average Bonchev–Trinajstić information content (AvgIpc) is 2.87. The number of nitrogens with zero attached hydrogens (tertiary/aromatic N) is 3. The largest absolute Gasteiger partial charge is 0.467 e. The van der Waals surface area contributed by atoms with Gasteiger partial charge in [-0.1, -0.05) is 61.3 Å². The Kier molecular flexibility index (Phi) is 10.1. The molecule has 1 aromatic heterocycles. The van der Waals surface area contributed by atoms with E-state index in [0.717, 1.165) is 30.7 Å². The average molecular weight is 529 g/mol. The Bertz CT molecular complexity index is 1140. The van der Waals surface area contributed by atoms with Crippen molar-refractivity contribution < 1.29 is 14.3 Å². The van der Waals surface area contributed by atoms with Crippen LogP contribution < -0.4 is 10.2 Å². The zero-order chi connectivity index (χ0) is 26.1. The lowest BCUT2D eigenvalue weighted by atomic mass is 9.91. The van der Waals surface area contributed by atoms with Crippen LogP contribution in [0.3, 0.4) is 0 Å². The number of amides is 1. The molecule has 0 radical (unpaired) electrons. The minimum Gasteiger partial charge on any atom is -0.467 e. The van der Waals surface area contributed by atoms with Crippen LogP contribution in [0.4, 0.5) is 5.95 Å². The van der Waals surface area contributed by atoms with Gasteiger partial charge in [-0.25, -0.2) is 14.8 Å². The summed E-state index contributed by atoms with van der Waals surface area (Å²) in [5.74, 6) is -0.141. The fraction of sp³-hybridized carbons (Fsp3) is 0.333. The first-order chi connectivity index (χ1) is 17.3. The van der Waals surface area contributed by atoms with E-state index in [-0.39, 0.29) is 27.9 Å². The molecule has 2 aromatic rings. The zero-order valence-corrected chi connectivity index (χ0v) is 22.1. The Balaban J connectivity index is 1.72. The molecule has 1 heterocycles. The van der Waals surface area contributed by atoms with Crippen molar-refractivity contribution in [3.8, 4) is 0 Å². The van der Waals surface area contributed by atoms with Crippen molar-refractivity contribution in [3.63, 3.8) is 0 Å². The van der Waals surface area contributed by atoms with Gasteiger partial charge >= 0.3 is 5.97 Å². The molecule has 0 aliphatic heterocycles. The van der Waals surface area contributed by atoms with Crippen LogP contribution in [-0.4, -0.2) is 41.5 Å². The SMILES string of the molecule is CCCN(C1=CC=C(/C=C/CC(NC(=O)c2c(Cl)cccc2Cl)C(=O)OC)CC1C)c1ncccn1. The van der Waals surface area contributed by atoms with Crippen LogP contribution in [0.2, 0.25) is 10.0 Å². The number of rotatable bonds is 10. The van der Waals surface area contributed by atoms with Crippen LogP contribution in [0.1, 0.15) is 43.5 Å². The van der Waals surface area contributed by atoms with E-state index in [2.05, 4.69) is 46.2 Å². The summed E-state index contributed by atoms with van der Waals surface area (Å²) < 4.78 is 4.88. The molecule has 0 saturated heterocycles. The van der Waals surface area contributed by atoms with Crippen LogP contribution in [-0.2, 0) is 9.53 Å². The summed E-state index contributed by atoms with van der Waals surface area (Å²) in [5.41, 5.74) is 2.40. The molecule has 0 saturated carbocycles. The number of benzene rings is 1. The number of allylic oxidation sites excluding steroid dienone is 5. The predicted octanol–water partition coefficient (Wildman–Crippen LogP) is 5.77. The van der Waals surface area contributed by atoms with Crippen LogP contribution >= 0.6 is 23.2 Å². The summed E-state index contributed by atoms with van der Waals surface area (Å²) in [7, 11) is 1.28. The van der Waals surface area contributed by atoms with Gasteiger partial charge in [0.2, 0.25) is 5.95 Å². The molecule has 1 aromatic carbocycles. The van der Waals surface area contributed by atoms with Gasteiger partial charge in [0.15, 0.2) is 0 Å². The fourth-order valence-electron chi connectivity index (χ4n) is 4.02. The first-order valence-corrected chi connectivity index (χ1v) is 12.6. The highest BCUT2D eigenvalue weighted by Gasteiger charge is 2.24. The summed E-state index contributed by atoms with van der Waals surface area (Å²) in [6, 6.07) is 5.71. The number of carbonyl (C=O) groups is 2. The first-order valence-electron chi connectivity index (χ1n) is 11.8. The maximum Gasteiger partial charge on any atom is 0.328 e. The van der Waals surface area contributed by atoms with Crippen molar-refractivity contribution >= 4 is 41.0 Å². The highest BCUT2D eigenvalue weighted by Crippen LogP contribution is 2.30. The Morgan fingerprint density at radius 2 is 1.89 bits per heavy atom. The first kappa shape index (κ1) is 27.4. The number of hydrogen-bond donors (Lipinski definition) is 1. The van der Waals surface area contributed by atoms with Crippen molar-refractivity contribution in [1.82, 2.24) is 15.3 Å². The van der Waals surface area contributed by atoms with Crippen LogP contribution in [0, 0.1) is 5.92 Å². The Morgan fingerprint density at radius 1 is 1.19 bits per heavy atom. The molecule has 9 heteroatoms. The molecule has 190 valence electrons. The van der Waals surface area contributed by atoms with Gasteiger partial charge in [-0.2, -0.15) is 0 Å². The second kappa shape index (κ2) is 13.2. The van der Waals surface area contributed by atoms with Crippen molar-refractivity contribution in [2.45, 2.75) is 39.2 Å². The van der Waals surface area contributed by atoms with Crippen molar-refractivity contribution in [2.24, 2.45) is 5.92 Å². The molecule has 1 aliphatic rings. The lowest BCUT2D eigenvalue weighted by molar-refractivity contribution is -0.142. The standard InChI is InChI=1S/C27H30Cl2N4O3/c1-4-16-33(27-30-14-7-15-31-27)23-13-12-19(17-18(23)2)8-5-11-22(26(35)36-3)32-25(34)24-20(28)9-6-10-21(24)29/h5-10,12-15,18,22H,4,11,16-17H2,1-3H3,(H,32,34)/b8-5+. The molecular formula is C27H30Cl2N4O3. The van der Waals surface area contributed by atoms with Crippen molar-refractivity contribution in [2.75, 3.05) is 18.6 Å². The lowest BCUT2D eigenvalue weighted by Crippen LogP contribution is -2.41. The number of halogens is 2. The number of aromatic nitrogens is 2. The van der Waals surface area contributed by atoms with Gasteiger partial charge in [0.1, 0.15) is 6.04 Å². The second-order valence-corrected chi connectivity index (χ2v) is 9.24. The molecule has 1 aliphatic carbocycles. The van der Waals surface area contributed by atoms with Gasteiger partial charge in [0, 0.05) is 30.6 Å². The lowest BCUT2D eigenvalue weighted by Gasteiger charge is -2.31. The van der Waals surface area contributed by atoms with Crippen LogP contribution in [0.15, 0.2) is 72.2 Å². The third-order valence-corrected chi connectivity index (χ3v) is 6.38. The Labute approximate surface area is 221 Å². The molecule has 3 rings (SSSR count). The van der Waals surface area contributed by atoms with Crippen LogP contribution in [0.5, 0.6) is 0 Å². The van der Waals surface area contributed by atoms with E-state index in [4.69, 9.17) is 27.9 Å². The number of carbonyl (C=O) groups excluding carboxylic acids is 2. The molecule has 7 nitrogen and oxygen atoms in total. The third-order valence-electron chi connectivity index (χ3n) is 5.75. The predicted molar refractivity (Wildman–Crippen MR) is 143 cm³/mol. The molecule has 0 spiro atoms. The molecular weight excluding hydrogens is 499 g/mol. The number of methoxy groups -OCH3 is 1. The van der Waals surface area contributed by atoms with E-state index in [1.807, 2.05) is 18.2 Å². The maximum atomic E-state index is 12.7. The molecule has 2 unspecified atom stereocenters. The monoisotopic (exact) mass is 528 g/mol. The van der Waals surface area contributed by atoms with E-state index in [0.29, 0.717) is 5.95 Å². The van der Waals surface area contributed by atoms with E-state index in [1.165, 1.54) is 7.11 Å². The summed E-state index contributed by atoms with van der Waals surface area (Å²) in [5, 5.41) is 3.10. The highest BCUT2D eigenvalue weighted by molar-refractivity contribution is 6.39. The quantitative estimate of drug-likeness (QED) is 0.394. The molecule has 1 N–H and O–H groups in total. The summed E-state index contributed by atoms with van der Waals surface area (Å²) in [4.78, 5) is 36.1. The number of esters is 1. The molecule has 36 heavy (non-hydrogen) atoms. The van der Waals surface area contributed by atoms with Gasteiger partial charge in [-0.3, -0.25) is 4.79 Å². The minimum absolute atomic E-state index is 0.124. The maximum absolute atomic E-state index is 12.7. The third kappa shape index (κ3) is 6.95. The number of anilines is 1. The van der Waals surface area contributed by atoms with E-state index in [9.17, 15) is 9.59 Å². The topological polar surface area (TPSA) is 84.4 Å². The fourth-order valence-corrected chi connectivity index (χ4v) is 4.59. The van der Waals surface area contributed by atoms with E-state index >= 15 is 0 Å². The van der Waals surface area contributed by atoms with Gasteiger partial charge in [-0.15, -0.1) is 0 Å². The van der Waals surface area contributed by atoms with E-state index in [1.54, 1.807) is 30.6 Å². The minimum atomic E-state index is -0.880. The molecule has 1 amide bonds. The van der Waals surface area contributed by atoms with Crippen molar-refractivity contribution in [1.29, 1.82) is 0 Å². The molecule has 0 bridgehead atoms. The normalized spacial score (nSPS) is 16.2. The van der Waals surface area contributed by atoms with E-state index < -0.39 is 17.9 Å². The zero-order valence-electron chi connectivity index (χ0n) is 20.6.